The minimum absolute atomic E-state index is 0.0355. The summed E-state index contributed by atoms with van der Waals surface area (Å²) in [6.45, 7) is 2.63. The van der Waals surface area contributed by atoms with Gasteiger partial charge in [0.15, 0.2) is 0 Å². The molecule has 1 aliphatic rings. The van der Waals surface area contributed by atoms with Crippen molar-refractivity contribution in [3.8, 4) is 5.88 Å². The highest BCUT2D eigenvalue weighted by molar-refractivity contribution is 7.98. The van der Waals surface area contributed by atoms with Gasteiger partial charge in [-0.05, 0) is 37.3 Å². The molecular weight excluding hydrogens is 328 g/mol. The Kier molecular flexibility index (Phi) is 7.30. The van der Waals surface area contributed by atoms with Crippen molar-refractivity contribution in [1.29, 1.82) is 0 Å². The molecule has 2 amide bonds. The van der Waals surface area contributed by atoms with Crippen molar-refractivity contribution in [2.45, 2.75) is 38.3 Å². The molecule has 0 radical (unpaired) electrons. The molecule has 24 heavy (non-hydrogen) atoms. The van der Waals surface area contributed by atoms with Crippen LogP contribution in [0.15, 0.2) is 18.3 Å². The molecule has 132 valence electrons. The molecule has 2 atom stereocenters. The molecule has 1 N–H and O–H groups in total. The second-order valence-electron chi connectivity index (χ2n) is 5.76. The van der Waals surface area contributed by atoms with Gasteiger partial charge < -0.3 is 15.0 Å². The lowest BCUT2D eigenvalue weighted by Crippen LogP contribution is -2.52. The lowest BCUT2D eigenvalue weighted by atomic mass is 10.1. The Hall–Kier alpha value is -1.83. The quantitative estimate of drug-likeness (QED) is 0.791. The molecular formula is C16H24N4O3S. The van der Waals surface area contributed by atoms with Crippen molar-refractivity contribution in [1.82, 2.24) is 20.4 Å². The average molecular weight is 352 g/mol. The Morgan fingerprint density at radius 3 is 3.04 bits per heavy atom. The zero-order chi connectivity index (χ0) is 17.4. The van der Waals surface area contributed by atoms with Gasteiger partial charge in [0.1, 0.15) is 12.1 Å². The van der Waals surface area contributed by atoms with E-state index in [4.69, 9.17) is 4.74 Å². The van der Waals surface area contributed by atoms with Crippen LogP contribution in [0.4, 0.5) is 0 Å². The van der Waals surface area contributed by atoms with E-state index < -0.39 is 6.04 Å². The number of carbonyl (C=O) groups is 2. The van der Waals surface area contributed by atoms with Crippen LogP contribution in [0.2, 0.25) is 0 Å². The van der Waals surface area contributed by atoms with E-state index in [9.17, 15) is 9.59 Å². The minimum atomic E-state index is -0.467. The molecule has 1 saturated heterocycles. The standard InChI is InChI=1S/C16H24N4O3S/c1-12(21)18-14(7-10-24-2)16(22)20-9-4-5-13(11-20)23-15-6-3-8-17-19-15/h3,6,8,13-14H,4-5,7,9-11H2,1-2H3,(H,18,21)/t13-,14+/m1/s1. The molecule has 2 heterocycles. The van der Waals surface area contributed by atoms with E-state index in [-0.39, 0.29) is 17.9 Å². The summed E-state index contributed by atoms with van der Waals surface area (Å²) >= 11 is 1.66. The van der Waals surface area contributed by atoms with E-state index in [2.05, 4.69) is 15.5 Å². The first kappa shape index (κ1) is 18.5. The third-order valence-corrected chi connectivity index (χ3v) is 4.46. The highest BCUT2D eigenvalue weighted by Gasteiger charge is 2.30. The molecule has 1 fully saturated rings. The van der Waals surface area contributed by atoms with Crippen LogP contribution in [-0.4, -0.2) is 64.2 Å². The van der Waals surface area contributed by atoms with Crippen molar-refractivity contribution in [2.75, 3.05) is 25.1 Å². The second-order valence-corrected chi connectivity index (χ2v) is 6.75. The first-order valence-electron chi connectivity index (χ1n) is 8.09. The van der Waals surface area contributed by atoms with Crippen LogP contribution in [0.1, 0.15) is 26.2 Å². The molecule has 0 aromatic carbocycles. The number of likely N-dealkylation sites (tertiary alicyclic amines) is 1. The molecule has 0 saturated carbocycles. The van der Waals surface area contributed by atoms with Gasteiger partial charge in [-0.15, -0.1) is 5.10 Å². The number of piperidine rings is 1. The Balaban J connectivity index is 1.95. The van der Waals surface area contributed by atoms with E-state index in [1.165, 1.54) is 6.92 Å². The second kappa shape index (κ2) is 9.46. The van der Waals surface area contributed by atoms with Crippen LogP contribution in [0.5, 0.6) is 5.88 Å². The molecule has 0 spiro atoms. The molecule has 1 aromatic heterocycles. The van der Waals surface area contributed by atoms with Crippen LogP contribution in [0, 0.1) is 0 Å². The number of carbonyl (C=O) groups excluding carboxylic acids is 2. The molecule has 1 aliphatic heterocycles. The molecule has 0 unspecified atom stereocenters. The Labute approximate surface area is 146 Å². The van der Waals surface area contributed by atoms with E-state index in [0.29, 0.717) is 25.4 Å². The fourth-order valence-corrected chi connectivity index (χ4v) is 3.19. The van der Waals surface area contributed by atoms with Crippen molar-refractivity contribution >= 4 is 23.6 Å². The average Bonchev–Trinajstić information content (AvgIpc) is 2.59. The predicted molar refractivity (Wildman–Crippen MR) is 92.9 cm³/mol. The lowest BCUT2D eigenvalue weighted by Gasteiger charge is -2.34. The van der Waals surface area contributed by atoms with Gasteiger partial charge in [-0.2, -0.15) is 16.9 Å². The summed E-state index contributed by atoms with van der Waals surface area (Å²) in [4.78, 5) is 25.9. The minimum Gasteiger partial charge on any atom is -0.471 e. The van der Waals surface area contributed by atoms with Crippen molar-refractivity contribution in [2.24, 2.45) is 0 Å². The van der Waals surface area contributed by atoms with Gasteiger partial charge in [-0.25, -0.2) is 0 Å². The molecule has 2 rings (SSSR count). The topological polar surface area (TPSA) is 84.4 Å². The van der Waals surface area contributed by atoms with Gasteiger partial charge in [0.25, 0.3) is 0 Å². The van der Waals surface area contributed by atoms with Crippen molar-refractivity contribution < 1.29 is 14.3 Å². The van der Waals surface area contributed by atoms with Crippen molar-refractivity contribution in [3.05, 3.63) is 18.3 Å². The number of nitrogens with one attached hydrogen (secondary N) is 1. The number of rotatable bonds is 7. The lowest BCUT2D eigenvalue weighted by molar-refractivity contribution is -0.138. The van der Waals surface area contributed by atoms with E-state index in [0.717, 1.165) is 18.6 Å². The number of nitrogens with zero attached hydrogens (tertiary/aromatic N) is 3. The fourth-order valence-electron chi connectivity index (χ4n) is 2.71. The molecule has 7 nitrogen and oxygen atoms in total. The SMILES string of the molecule is CSCC[C@H](NC(C)=O)C(=O)N1CCC[C@@H](Oc2cccnn2)C1. The predicted octanol–water partition coefficient (Wildman–Crippen LogP) is 1.10. The monoisotopic (exact) mass is 352 g/mol. The summed E-state index contributed by atoms with van der Waals surface area (Å²) in [6.07, 6.45) is 5.85. The van der Waals surface area contributed by atoms with Crippen LogP contribution in [0.3, 0.4) is 0 Å². The normalized spacial score (nSPS) is 18.8. The summed E-state index contributed by atoms with van der Waals surface area (Å²) in [7, 11) is 0. The Morgan fingerprint density at radius 2 is 2.38 bits per heavy atom. The fraction of sp³-hybridized carbons (Fsp3) is 0.625. The number of aromatic nitrogens is 2. The summed E-state index contributed by atoms with van der Waals surface area (Å²) < 4.78 is 5.82. The van der Waals surface area contributed by atoms with Crippen LogP contribution < -0.4 is 10.1 Å². The van der Waals surface area contributed by atoms with E-state index in [1.807, 2.05) is 6.26 Å². The first-order chi connectivity index (χ1) is 11.6. The number of ether oxygens (including phenoxy) is 1. The highest BCUT2D eigenvalue weighted by atomic mass is 32.2. The van der Waals surface area contributed by atoms with Gasteiger partial charge in [-0.1, -0.05) is 0 Å². The molecule has 0 bridgehead atoms. The van der Waals surface area contributed by atoms with Crippen LogP contribution in [-0.2, 0) is 9.59 Å². The number of hydrogen-bond acceptors (Lipinski definition) is 6. The third-order valence-electron chi connectivity index (χ3n) is 3.81. The number of amides is 2. The Morgan fingerprint density at radius 1 is 1.54 bits per heavy atom. The molecule has 8 heteroatoms. The van der Waals surface area contributed by atoms with Crippen LogP contribution in [0.25, 0.3) is 0 Å². The smallest absolute Gasteiger partial charge is 0.245 e. The maximum Gasteiger partial charge on any atom is 0.245 e. The summed E-state index contributed by atoms with van der Waals surface area (Å²) in [6, 6.07) is 3.06. The summed E-state index contributed by atoms with van der Waals surface area (Å²) in [5.74, 6) is 1.08. The summed E-state index contributed by atoms with van der Waals surface area (Å²) in [5, 5.41) is 10.5. The Bertz CT molecular complexity index is 543. The molecule has 0 aliphatic carbocycles. The first-order valence-corrected chi connectivity index (χ1v) is 9.48. The maximum atomic E-state index is 12.8. The van der Waals surface area contributed by atoms with Gasteiger partial charge in [-0.3, -0.25) is 9.59 Å². The maximum absolute atomic E-state index is 12.8. The number of hydrogen-bond donors (Lipinski definition) is 1. The highest BCUT2D eigenvalue weighted by Crippen LogP contribution is 2.17. The van der Waals surface area contributed by atoms with Crippen LogP contribution >= 0.6 is 11.8 Å². The van der Waals surface area contributed by atoms with Gasteiger partial charge in [0, 0.05) is 25.7 Å². The van der Waals surface area contributed by atoms with Gasteiger partial charge in [0.05, 0.1) is 6.54 Å². The zero-order valence-electron chi connectivity index (χ0n) is 14.1. The van der Waals surface area contributed by atoms with Gasteiger partial charge in [0.2, 0.25) is 17.7 Å². The number of thioether (sulfide) groups is 1. The van der Waals surface area contributed by atoms with E-state index >= 15 is 0 Å². The third kappa shape index (κ3) is 5.67. The van der Waals surface area contributed by atoms with Gasteiger partial charge >= 0.3 is 0 Å². The summed E-state index contributed by atoms with van der Waals surface area (Å²) in [5.41, 5.74) is 0. The van der Waals surface area contributed by atoms with Crippen molar-refractivity contribution in [3.63, 3.8) is 0 Å². The van der Waals surface area contributed by atoms with E-state index in [1.54, 1.807) is 35.0 Å². The molecule has 1 aromatic rings. The zero-order valence-corrected chi connectivity index (χ0v) is 14.9. The largest absolute Gasteiger partial charge is 0.471 e.